The van der Waals surface area contributed by atoms with E-state index in [2.05, 4.69) is 4.98 Å². The number of benzene rings is 1. The molecule has 0 saturated carbocycles. The zero-order chi connectivity index (χ0) is 13.1. The van der Waals surface area contributed by atoms with Gasteiger partial charge in [-0.05, 0) is 37.1 Å². The standard InChI is InChI=1S/C14H15ClN2O.ClH/c1-9-7-14(17-10(2)11(9)8-16)18-13-6-4-3-5-12(13)15;/h3-7H,8,16H2,1-2H3;1H. The maximum absolute atomic E-state index is 6.04. The van der Waals surface area contributed by atoms with E-state index < -0.39 is 0 Å². The van der Waals surface area contributed by atoms with Crippen LogP contribution in [0.15, 0.2) is 30.3 Å². The number of hydrogen-bond acceptors (Lipinski definition) is 3. The molecule has 102 valence electrons. The van der Waals surface area contributed by atoms with Gasteiger partial charge in [-0.3, -0.25) is 0 Å². The Morgan fingerprint density at radius 3 is 2.53 bits per heavy atom. The molecule has 0 aliphatic rings. The van der Waals surface area contributed by atoms with Gasteiger partial charge in [0.1, 0.15) is 5.75 Å². The van der Waals surface area contributed by atoms with Crippen LogP contribution in [0.25, 0.3) is 0 Å². The summed E-state index contributed by atoms with van der Waals surface area (Å²) >= 11 is 6.04. The molecule has 3 nitrogen and oxygen atoms in total. The van der Waals surface area contributed by atoms with Crippen LogP contribution < -0.4 is 10.5 Å². The average Bonchev–Trinajstić information content (AvgIpc) is 2.32. The molecule has 0 bridgehead atoms. The highest BCUT2D eigenvalue weighted by molar-refractivity contribution is 6.32. The number of nitrogens with zero attached hydrogens (tertiary/aromatic N) is 1. The Hall–Kier alpha value is -1.29. The zero-order valence-corrected chi connectivity index (χ0v) is 12.4. The molecule has 2 aromatic rings. The monoisotopic (exact) mass is 298 g/mol. The van der Waals surface area contributed by atoms with Crippen LogP contribution in [0.2, 0.25) is 5.02 Å². The Labute approximate surface area is 124 Å². The normalized spacial score (nSPS) is 9.89. The molecule has 1 heterocycles. The van der Waals surface area contributed by atoms with Gasteiger partial charge in [-0.2, -0.15) is 0 Å². The van der Waals surface area contributed by atoms with E-state index in [0.717, 1.165) is 16.8 Å². The molecule has 19 heavy (non-hydrogen) atoms. The van der Waals surface area contributed by atoms with E-state index in [1.165, 1.54) is 0 Å². The van der Waals surface area contributed by atoms with Gasteiger partial charge in [0, 0.05) is 18.3 Å². The molecule has 0 fully saturated rings. The van der Waals surface area contributed by atoms with Gasteiger partial charge in [-0.15, -0.1) is 12.4 Å². The molecule has 2 N–H and O–H groups in total. The van der Waals surface area contributed by atoms with Gasteiger partial charge in [-0.25, -0.2) is 4.98 Å². The van der Waals surface area contributed by atoms with Crippen molar-refractivity contribution in [3.63, 3.8) is 0 Å². The second-order valence-electron chi connectivity index (χ2n) is 4.08. The SMILES string of the molecule is Cc1cc(Oc2ccccc2Cl)nc(C)c1CN.Cl. The van der Waals surface area contributed by atoms with Crippen molar-refractivity contribution in [3.8, 4) is 11.6 Å². The Morgan fingerprint density at radius 1 is 1.26 bits per heavy atom. The first-order valence-corrected chi connectivity index (χ1v) is 6.09. The van der Waals surface area contributed by atoms with E-state index in [-0.39, 0.29) is 12.4 Å². The van der Waals surface area contributed by atoms with E-state index in [9.17, 15) is 0 Å². The van der Waals surface area contributed by atoms with Gasteiger partial charge in [0.05, 0.1) is 5.02 Å². The van der Waals surface area contributed by atoms with Crippen molar-refractivity contribution in [2.45, 2.75) is 20.4 Å². The molecular weight excluding hydrogens is 283 g/mol. The minimum atomic E-state index is 0. The van der Waals surface area contributed by atoms with E-state index in [0.29, 0.717) is 23.2 Å². The van der Waals surface area contributed by atoms with Crippen molar-refractivity contribution in [1.29, 1.82) is 0 Å². The summed E-state index contributed by atoms with van der Waals surface area (Å²) in [5.74, 6) is 1.14. The molecule has 0 atom stereocenters. The van der Waals surface area contributed by atoms with Gasteiger partial charge in [0.2, 0.25) is 5.88 Å². The molecule has 5 heteroatoms. The molecule has 0 aliphatic heterocycles. The topological polar surface area (TPSA) is 48.1 Å². The minimum Gasteiger partial charge on any atom is -0.437 e. The van der Waals surface area contributed by atoms with E-state index in [1.54, 1.807) is 6.07 Å². The predicted octanol–water partition coefficient (Wildman–Crippen LogP) is 4.02. The molecule has 1 aromatic carbocycles. The number of pyridine rings is 1. The lowest BCUT2D eigenvalue weighted by Gasteiger charge is -2.11. The molecule has 0 aliphatic carbocycles. The first kappa shape index (κ1) is 15.8. The second-order valence-corrected chi connectivity index (χ2v) is 4.49. The maximum atomic E-state index is 6.04. The lowest BCUT2D eigenvalue weighted by molar-refractivity contribution is 0.461. The molecule has 1 aromatic heterocycles. The average molecular weight is 299 g/mol. The van der Waals surface area contributed by atoms with E-state index in [1.807, 2.05) is 38.1 Å². The number of halogens is 2. The van der Waals surface area contributed by atoms with Crippen LogP contribution in [0, 0.1) is 13.8 Å². The van der Waals surface area contributed by atoms with Crippen LogP contribution in [0.3, 0.4) is 0 Å². The van der Waals surface area contributed by atoms with E-state index in [4.69, 9.17) is 22.1 Å². The molecule has 0 amide bonds. The van der Waals surface area contributed by atoms with Gasteiger partial charge in [0.15, 0.2) is 0 Å². The van der Waals surface area contributed by atoms with Crippen LogP contribution in [0.5, 0.6) is 11.6 Å². The fourth-order valence-electron chi connectivity index (χ4n) is 1.82. The summed E-state index contributed by atoms with van der Waals surface area (Å²) in [4.78, 5) is 4.38. The number of aryl methyl sites for hydroxylation is 2. The molecule has 0 radical (unpaired) electrons. The highest BCUT2D eigenvalue weighted by Crippen LogP contribution is 2.29. The van der Waals surface area contributed by atoms with Crippen LogP contribution in [0.1, 0.15) is 16.8 Å². The van der Waals surface area contributed by atoms with Crippen LogP contribution in [-0.4, -0.2) is 4.98 Å². The molecule has 0 unspecified atom stereocenters. The summed E-state index contributed by atoms with van der Waals surface area (Å²) in [6.07, 6.45) is 0. The van der Waals surface area contributed by atoms with Crippen LogP contribution in [-0.2, 0) is 6.54 Å². The van der Waals surface area contributed by atoms with Crippen LogP contribution in [0.4, 0.5) is 0 Å². The fourth-order valence-corrected chi connectivity index (χ4v) is 2.00. The molecular formula is C14H16Cl2N2O. The third-order valence-electron chi connectivity index (χ3n) is 2.79. The highest BCUT2D eigenvalue weighted by atomic mass is 35.5. The Kier molecular flexibility index (Phi) is 5.60. The summed E-state index contributed by atoms with van der Waals surface area (Å²) in [7, 11) is 0. The molecule has 0 saturated heterocycles. The lowest BCUT2D eigenvalue weighted by Crippen LogP contribution is -2.04. The number of ether oxygens (including phenoxy) is 1. The highest BCUT2D eigenvalue weighted by Gasteiger charge is 2.08. The van der Waals surface area contributed by atoms with Gasteiger partial charge < -0.3 is 10.5 Å². The van der Waals surface area contributed by atoms with Crippen molar-refractivity contribution in [1.82, 2.24) is 4.98 Å². The third-order valence-corrected chi connectivity index (χ3v) is 3.10. The van der Waals surface area contributed by atoms with Gasteiger partial charge in [0.25, 0.3) is 0 Å². The third kappa shape index (κ3) is 3.60. The zero-order valence-electron chi connectivity index (χ0n) is 10.8. The van der Waals surface area contributed by atoms with Crippen molar-refractivity contribution < 1.29 is 4.74 Å². The second kappa shape index (κ2) is 6.75. The summed E-state index contributed by atoms with van der Waals surface area (Å²) in [5, 5.41) is 0.567. The van der Waals surface area contributed by atoms with Gasteiger partial charge >= 0.3 is 0 Å². The Morgan fingerprint density at radius 2 is 1.95 bits per heavy atom. The minimum absolute atomic E-state index is 0. The summed E-state index contributed by atoms with van der Waals surface area (Å²) in [5.41, 5.74) is 8.70. The van der Waals surface area contributed by atoms with Gasteiger partial charge in [-0.1, -0.05) is 23.7 Å². The quantitative estimate of drug-likeness (QED) is 0.931. The van der Waals surface area contributed by atoms with Crippen molar-refractivity contribution in [2.75, 3.05) is 0 Å². The smallest absolute Gasteiger partial charge is 0.219 e. The molecule has 0 spiro atoms. The van der Waals surface area contributed by atoms with Crippen LogP contribution >= 0.6 is 24.0 Å². The lowest BCUT2D eigenvalue weighted by atomic mass is 10.1. The van der Waals surface area contributed by atoms with Crippen molar-refractivity contribution in [2.24, 2.45) is 5.73 Å². The molecule has 2 rings (SSSR count). The summed E-state index contributed by atoms with van der Waals surface area (Å²) in [6, 6.07) is 9.20. The summed E-state index contributed by atoms with van der Waals surface area (Å²) < 4.78 is 5.69. The first-order chi connectivity index (χ1) is 8.61. The largest absolute Gasteiger partial charge is 0.437 e. The summed E-state index contributed by atoms with van der Waals surface area (Å²) in [6.45, 7) is 4.40. The Bertz CT molecular complexity index is 550. The number of rotatable bonds is 3. The first-order valence-electron chi connectivity index (χ1n) is 5.71. The van der Waals surface area contributed by atoms with Crippen molar-refractivity contribution >= 4 is 24.0 Å². The van der Waals surface area contributed by atoms with Crippen molar-refractivity contribution in [3.05, 3.63) is 52.2 Å². The number of hydrogen-bond donors (Lipinski definition) is 1. The Balaban J connectivity index is 0.00000180. The maximum Gasteiger partial charge on any atom is 0.219 e. The number of aromatic nitrogens is 1. The number of para-hydroxylation sites is 1. The number of nitrogens with two attached hydrogens (primary N) is 1. The predicted molar refractivity (Wildman–Crippen MR) is 80.4 cm³/mol. The fraction of sp³-hybridized carbons (Fsp3) is 0.214. The van der Waals surface area contributed by atoms with E-state index >= 15 is 0 Å².